The summed E-state index contributed by atoms with van der Waals surface area (Å²) in [5.74, 6) is 0.667. The number of hydrogen-bond donors (Lipinski definition) is 0. The molecule has 0 saturated carbocycles. The molecule has 7 heteroatoms. The lowest BCUT2D eigenvalue weighted by atomic mass is 9.89. The topological polar surface area (TPSA) is 55.7 Å². The number of morpholine rings is 1. The van der Waals surface area contributed by atoms with Gasteiger partial charge in [0.1, 0.15) is 0 Å². The van der Waals surface area contributed by atoms with Gasteiger partial charge in [-0.05, 0) is 18.4 Å². The monoisotopic (exact) mass is 371 g/mol. The second-order valence-corrected chi connectivity index (χ2v) is 7.75. The second-order valence-electron chi connectivity index (χ2n) is 7.75. The highest BCUT2D eigenvalue weighted by atomic mass is 16.5. The summed E-state index contributed by atoms with van der Waals surface area (Å²) < 4.78 is 13.3. The number of likely N-dealkylation sites (tertiary alicyclic amines) is 1. The normalized spacial score (nSPS) is 20.8. The van der Waals surface area contributed by atoms with Gasteiger partial charge in [-0.25, -0.2) is 4.98 Å². The lowest BCUT2D eigenvalue weighted by Gasteiger charge is -2.47. The average molecular weight is 371 g/mol. The fourth-order valence-corrected chi connectivity index (χ4v) is 4.17. The molecule has 7 nitrogen and oxygen atoms in total. The van der Waals surface area contributed by atoms with E-state index in [2.05, 4.69) is 32.1 Å². The summed E-state index contributed by atoms with van der Waals surface area (Å²) in [5, 5.41) is 4.29. The van der Waals surface area contributed by atoms with Crippen molar-refractivity contribution in [2.75, 3.05) is 39.9 Å². The van der Waals surface area contributed by atoms with Crippen molar-refractivity contribution in [2.45, 2.75) is 31.5 Å². The van der Waals surface area contributed by atoms with Gasteiger partial charge >= 0.3 is 0 Å². The summed E-state index contributed by atoms with van der Waals surface area (Å²) in [4.78, 5) is 9.33. The minimum Gasteiger partial charge on any atom is -0.481 e. The van der Waals surface area contributed by atoms with Crippen LogP contribution in [0.4, 0.5) is 0 Å². The lowest BCUT2D eigenvalue weighted by Crippen LogP contribution is -2.56. The van der Waals surface area contributed by atoms with E-state index in [4.69, 9.17) is 9.47 Å². The van der Waals surface area contributed by atoms with Crippen LogP contribution < -0.4 is 4.74 Å². The molecule has 4 rings (SSSR count). The molecule has 0 radical (unpaired) electrons. The zero-order valence-corrected chi connectivity index (χ0v) is 16.3. The predicted octanol–water partition coefficient (Wildman–Crippen LogP) is 1.69. The first-order valence-electron chi connectivity index (χ1n) is 9.69. The highest BCUT2D eigenvalue weighted by Gasteiger charge is 2.39. The first kappa shape index (κ1) is 18.4. The number of aromatic nitrogens is 3. The van der Waals surface area contributed by atoms with Crippen molar-refractivity contribution in [2.24, 2.45) is 7.05 Å². The van der Waals surface area contributed by atoms with Gasteiger partial charge in [-0.3, -0.25) is 14.5 Å². The van der Waals surface area contributed by atoms with E-state index in [1.165, 1.54) is 11.1 Å². The molecule has 0 atom stereocenters. The van der Waals surface area contributed by atoms with Gasteiger partial charge in [-0.15, -0.1) is 0 Å². The summed E-state index contributed by atoms with van der Waals surface area (Å²) in [7, 11) is 3.62. The number of aryl methyl sites for hydroxylation is 1. The van der Waals surface area contributed by atoms with Crippen LogP contribution in [0.25, 0.3) is 0 Å². The molecule has 4 heterocycles. The maximum Gasteiger partial charge on any atom is 0.212 e. The Balaban J connectivity index is 1.30. The van der Waals surface area contributed by atoms with Crippen molar-refractivity contribution in [1.82, 2.24) is 24.6 Å². The smallest absolute Gasteiger partial charge is 0.212 e. The zero-order valence-electron chi connectivity index (χ0n) is 16.3. The van der Waals surface area contributed by atoms with Crippen LogP contribution in [0.3, 0.4) is 0 Å². The molecule has 0 N–H and O–H groups in total. The Labute approximate surface area is 160 Å². The van der Waals surface area contributed by atoms with Gasteiger partial charge in [0.2, 0.25) is 5.88 Å². The zero-order chi connectivity index (χ0) is 18.7. The molecule has 2 aliphatic rings. The second kappa shape index (κ2) is 7.96. The number of pyridine rings is 1. The molecule has 2 saturated heterocycles. The number of ether oxygens (including phenoxy) is 2. The van der Waals surface area contributed by atoms with Crippen LogP contribution in [0.1, 0.15) is 24.0 Å². The van der Waals surface area contributed by atoms with E-state index in [1.807, 2.05) is 30.2 Å². The Morgan fingerprint density at radius 2 is 1.89 bits per heavy atom. The van der Waals surface area contributed by atoms with Crippen molar-refractivity contribution in [3.05, 3.63) is 41.9 Å². The first-order valence-corrected chi connectivity index (χ1v) is 9.69. The number of methoxy groups -OCH3 is 1. The fraction of sp³-hybridized carbons (Fsp3) is 0.600. The summed E-state index contributed by atoms with van der Waals surface area (Å²) in [6, 6.07) is 4.03. The van der Waals surface area contributed by atoms with E-state index in [-0.39, 0.29) is 5.60 Å². The third-order valence-electron chi connectivity index (χ3n) is 5.67. The van der Waals surface area contributed by atoms with E-state index in [9.17, 15) is 0 Å². The van der Waals surface area contributed by atoms with Crippen LogP contribution in [0.15, 0.2) is 30.7 Å². The first-order chi connectivity index (χ1) is 13.1. The van der Waals surface area contributed by atoms with E-state index in [1.54, 1.807) is 7.11 Å². The number of hydrogen-bond acceptors (Lipinski definition) is 6. The van der Waals surface area contributed by atoms with Gasteiger partial charge in [0, 0.05) is 70.3 Å². The maximum atomic E-state index is 6.29. The molecule has 2 aromatic heterocycles. The van der Waals surface area contributed by atoms with Crippen LogP contribution in [0, 0.1) is 0 Å². The number of piperidine rings is 1. The van der Waals surface area contributed by atoms with Gasteiger partial charge in [-0.2, -0.15) is 5.10 Å². The minimum atomic E-state index is 0.00904. The Morgan fingerprint density at radius 1 is 1.07 bits per heavy atom. The molecule has 0 unspecified atom stereocenters. The molecule has 2 aromatic rings. The van der Waals surface area contributed by atoms with Crippen LogP contribution in [-0.4, -0.2) is 70.1 Å². The largest absolute Gasteiger partial charge is 0.481 e. The molecule has 0 aromatic carbocycles. The molecule has 0 bridgehead atoms. The van der Waals surface area contributed by atoms with Crippen molar-refractivity contribution in [3.63, 3.8) is 0 Å². The molecule has 0 aliphatic carbocycles. The highest BCUT2D eigenvalue weighted by molar-refractivity contribution is 5.17. The SMILES string of the molecule is COc1ccc(CN2CCC3(CC2)CN(Cc2cnn(C)c2)CCO3)cn1. The van der Waals surface area contributed by atoms with Crippen LogP contribution in [0.5, 0.6) is 5.88 Å². The van der Waals surface area contributed by atoms with Crippen LogP contribution >= 0.6 is 0 Å². The summed E-state index contributed by atoms with van der Waals surface area (Å²) in [6.45, 7) is 6.85. The van der Waals surface area contributed by atoms with Gasteiger partial charge in [0.15, 0.2) is 0 Å². The standard InChI is InChI=1S/C20H29N5O2/c1-23-13-18(12-22-23)15-25-9-10-27-20(16-25)5-7-24(8-6-20)14-17-3-4-19(26-2)21-11-17/h3-4,11-13H,5-10,14-16H2,1-2H3. The molecule has 2 aliphatic heterocycles. The molecular formula is C20H29N5O2. The summed E-state index contributed by atoms with van der Waals surface area (Å²) >= 11 is 0. The van der Waals surface area contributed by atoms with Crippen molar-refractivity contribution < 1.29 is 9.47 Å². The third kappa shape index (κ3) is 4.48. The molecule has 27 heavy (non-hydrogen) atoms. The predicted molar refractivity (Wildman–Crippen MR) is 102 cm³/mol. The highest BCUT2D eigenvalue weighted by Crippen LogP contribution is 2.31. The Bertz CT molecular complexity index is 737. The van der Waals surface area contributed by atoms with E-state index < -0.39 is 0 Å². The van der Waals surface area contributed by atoms with E-state index in [0.717, 1.165) is 58.7 Å². The molecule has 1 spiro atoms. The quantitative estimate of drug-likeness (QED) is 0.797. The molecule has 146 valence electrons. The molecular weight excluding hydrogens is 342 g/mol. The van der Waals surface area contributed by atoms with Gasteiger partial charge in [0.05, 0.1) is 25.5 Å². The van der Waals surface area contributed by atoms with Crippen LogP contribution in [-0.2, 0) is 24.9 Å². The fourth-order valence-electron chi connectivity index (χ4n) is 4.17. The Hall–Kier alpha value is -1.96. The van der Waals surface area contributed by atoms with Crippen molar-refractivity contribution in [1.29, 1.82) is 0 Å². The number of rotatable bonds is 5. The summed E-state index contributed by atoms with van der Waals surface area (Å²) in [5.41, 5.74) is 2.52. The minimum absolute atomic E-state index is 0.00904. The van der Waals surface area contributed by atoms with Gasteiger partial charge in [0.25, 0.3) is 0 Å². The Morgan fingerprint density at radius 3 is 2.56 bits per heavy atom. The van der Waals surface area contributed by atoms with E-state index >= 15 is 0 Å². The van der Waals surface area contributed by atoms with Gasteiger partial charge in [-0.1, -0.05) is 6.07 Å². The average Bonchev–Trinajstić information content (AvgIpc) is 3.09. The van der Waals surface area contributed by atoms with Gasteiger partial charge < -0.3 is 9.47 Å². The van der Waals surface area contributed by atoms with Crippen molar-refractivity contribution in [3.8, 4) is 5.88 Å². The van der Waals surface area contributed by atoms with E-state index in [0.29, 0.717) is 5.88 Å². The third-order valence-corrected chi connectivity index (χ3v) is 5.67. The summed E-state index contributed by atoms with van der Waals surface area (Å²) in [6.07, 6.45) is 8.15. The van der Waals surface area contributed by atoms with Crippen LogP contribution in [0.2, 0.25) is 0 Å². The number of nitrogens with zero attached hydrogens (tertiary/aromatic N) is 5. The Kier molecular flexibility index (Phi) is 5.43. The maximum absolute atomic E-state index is 6.29. The molecule has 2 fully saturated rings. The molecule has 0 amide bonds. The van der Waals surface area contributed by atoms with Crippen molar-refractivity contribution >= 4 is 0 Å². The lowest BCUT2D eigenvalue weighted by molar-refractivity contribution is -0.138.